The van der Waals surface area contributed by atoms with E-state index >= 15 is 0 Å². The molecule has 3 unspecified atom stereocenters. The summed E-state index contributed by atoms with van der Waals surface area (Å²) in [6.07, 6.45) is 3.10. The molecule has 0 bridgehead atoms. The van der Waals surface area contributed by atoms with Crippen molar-refractivity contribution in [2.45, 2.75) is 18.2 Å². The van der Waals surface area contributed by atoms with Crippen molar-refractivity contribution in [1.82, 2.24) is 14.8 Å². The summed E-state index contributed by atoms with van der Waals surface area (Å²) in [5.41, 5.74) is 4.27. The predicted octanol–water partition coefficient (Wildman–Crippen LogP) is 2.46. The molecule has 0 radical (unpaired) electrons. The monoisotopic (exact) mass is 404 g/mol. The van der Waals surface area contributed by atoms with Crippen LogP contribution in [0.5, 0.6) is 0 Å². The van der Waals surface area contributed by atoms with Crippen molar-refractivity contribution < 1.29 is 4.21 Å². The van der Waals surface area contributed by atoms with Crippen molar-refractivity contribution in [2.24, 2.45) is 9.98 Å². The number of thiazole rings is 1. The number of fused-ring (bicyclic) bond motifs is 1. The molecule has 0 spiro atoms. The third-order valence-electron chi connectivity index (χ3n) is 5.33. The van der Waals surface area contributed by atoms with Crippen LogP contribution in [0.1, 0.15) is 18.5 Å². The Labute approximate surface area is 163 Å². The SMILES string of the molecule is CC(c1ccc2scnc2c1)N1CCN(C2=NCC(S(C)(=N)=O)C=N2)CC1. The van der Waals surface area contributed by atoms with Gasteiger partial charge in [0.2, 0.25) is 5.96 Å². The van der Waals surface area contributed by atoms with Gasteiger partial charge in [-0.15, -0.1) is 11.3 Å². The van der Waals surface area contributed by atoms with E-state index in [0.29, 0.717) is 18.5 Å². The lowest BCUT2D eigenvalue weighted by atomic mass is 10.1. The topological polar surface area (TPSA) is 85.0 Å². The highest BCUT2D eigenvalue weighted by Crippen LogP contribution is 2.26. The van der Waals surface area contributed by atoms with Gasteiger partial charge in [0.25, 0.3) is 0 Å². The fourth-order valence-electron chi connectivity index (χ4n) is 3.50. The predicted molar refractivity (Wildman–Crippen MR) is 113 cm³/mol. The third-order valence-corrected chi connectivity index (χ3v) is 7.56. The maximum Gasteiger partial charge on any atom is 0.220 e. The van der Waals surface area contributed by atoms with Crippen molar-refractivity contribution in [3.05, 3.63) is 29.3 Å². The van der Waals surface area contributed by atoms with Gasteiger partial charge < -0.3 is 4.90 Å². The van der Waals surface area contributed by atoms with Crippen molar-refractivity contribution in [3.63, 3.8) is 0 Å². The number of rotatable bonds is 3. The summed E-state index contributed by atoms with van der Waals surface area (Å²) in [5.74, 6) is 0.714. The van der Waals surface area contributed by atoms with Gasteiger partial charge in [0, 0.05) is 44.7 Å². The van der Waals surface area contributed by atoms with E-state index in [9.17, 15) is 4.21 Å². The number of hydrogen-bond donors (Lipinski definition) is 1. The number of aromatic nitrogens is 1. The Morgan fingerprint density at radius 3 is 2.74 bits per heavy atom. The highest BCUT2D eigenvalue weighted by molar-refractivity contribution is 7.93. The molecule has 0 amide bonds. The zero-order chi connectivity index (χ0) is 19.0. The number of guanidine groups is 1. The Bertz CT molecular complexity index is 988. The maximum atomic E-state index is 11.8. The minimum atomic E-state index is -2.63. The van der Waals surface area contributed by atoms with Crippen LogP contribution in [0.2, 0.25) is 0 Å². The summed E-state index contributed by atoms with van der Waals surface area (Å²) in [7, 11) is -2.63. The molecule has 1 aromatic carbocycles. The minimum Gasteiger partial charge on any atom is -0.339 e. The highest BCUT2D eigenvalue weighted by atomic mass is 32.2. The van der Waals surface area contributed by atoms with Crippen LogP contribution >= 0.6 is 11.3 Å². The van der Waals surface area contributed by atoms with E-state index < -0.39 is 9.73 Å². The van der Waals surface area contributed by atoms with Crippen LogP contribution in [0.25, 0.3) is 10.2 Å². The van der Waals surface area contributed by atoms with Gasteiger partial charge in [-0.3, -0.25) is 9.68 Å². The summed E-state index contributed by atoms with van der Waals surface area (Å²) < 4.78 is 20.7. The standard InChI is InChI=1S/C18H24N6OS2/c1-13(14-3-4-17-16(9-14)22-12-26-17)23-5-7-24(8-6-23)18-20-10-15(11-21-18)27(2,19)25/h3-4,9-10,12-13,15,19H,5-8,11H2,1-2H3. The largest absolute Gasteiger partial charge is 0.339 e. The van der Waals surface area contributed by atoms with Crippen LogP contribution in [0.4, 0.5) is 0 Å². The molecule has 1 saturated heterocycles. The summed E-state index contributed by atoms with van der Waals surface area (Å²) >= 11 is 1.67. The molecule has 2 aromatic rings. The van der Waals surface area contributed by atoms with Crippen molar-refractivity contribution in [2.75, 3.05) is 39.0 Å². The number of benzene rings is 1. The molecule has 4 rings (SSSR count). The first-order chi connectivity index (χ1) is 12.9. The van der Waals surface area contributed by atoms with Gasteiger partial charge in [0.15, 0.2) is 0 Å². The molecule has 27 heavy (non-hydrogen) atoms. The first-order valence-corrected chi connectivity index (χ1v) is 12.0. The summed E-state index contributed by atoms with van der Waals surface area (Å²) in [5, 5.41) is -0.372. The second-order valence-electron chi connectivity index (χ2n) is 7.14. The zero-order valence-electron chi connectivity index (χ0n) is 15.5. The van der Waals surface area contributed by atoms with Gasteiger partial charge >= 0.3 is 0 Å². The molecule has 0 saturated carbocycles. The molecule has 2 aliphatic heterocycles. The van der Waals surface area contributed by atoms with Gasteiger partial charge in [0.05, 0.1) is 37.3 Å². The molecular weight excluding hydrogens is 380 g/mol. The van der Waals surface area contributed by atoms with Gasteiger partial charge in [-0.1, -0.05) is 6.07 Å². The van der Waals surface area contributed by atoms with Crippen LogP contribution < -0.4 is 0 Å². The maximum absolute atomic E-state index is 11.8. The summed E-state index contributed by atoms with van der Waals surface area (Å²) in [6.45, 7) is 6.26. The number of piperazine rings is 1. The van der Waals surface area contributed by atoms with Crippen LogP contribution in [0, 0.1) is 4.78 Å². The smallest absolute Gasteiger partial charge is 0.220 e. The number of nitrogens with one attached hydrogen (secondary N) is 1. The molecule has 2 aliphatic rings. The van der Waals surface area contributed by atoms with Gasteiger partial charge in [0.1, 0.15) is 0 Å². The quantitative estimate of drug-likeness (QED) is 0.852. The summed E-state index contributed by atoms with van der Waals surface area (Å²) in [4.78, 5) is 17.9. The first kappa shape index (κ1) is 18.5. The Kier molecular flexibility index (Phi) is 5.00. The second kappa shape index (κ2) is 7.29. The van der Waals surface area contributed by atoms with E-state index in [2.05, 4.69) is 49.9 Å². The van der Waals surface area contributed by atoms with Crippen LogP contribution in [0.3, 0.4) is 0 Å². The summed E-state index contributed by atoms with van der Waals surface area (Å²) in [6, 6.07) is 6.90. The van der Waals surface area contributed by atoms with Gasteiger partial charge in [-0.2, -0.15) is 0 Å². The second-order valence-corrected chi connectivity index (χ2v) is 10.4. The average molecular weight is 405 g/mol. The lowest BCUT2D eigenvalue weighted by molar-refractivity contribution is 0.140. The molecule has 0 aliphatic carbocycles. The van der Waals surface area contributed by atoms with Crippen molar-refractivity contribution >= 4 is 43.5 Å². The Balaban J connectivity index is 1.37. The molecule has 1 N–H and O–H groups in total. The van der Waals surface area contributed by atoms with Crippen molar-refractivity contribution in [1.29, 1.82) is 4.78 Å². The van der Waals surface area contributed by atoms with Crippen LogP contribution in [0.15, 0.2) is 33.7 Å². The number of hydrogen-bond acceptors (Lipinski definition) is 8. The molecule has 3 heterocycles. The number of nitrogens with zero attached hydrogens (tertiary/aromatic N) is 5. The lowest BCUT2D eigenvalue weighted by Crippen LogP contribution is -2.49. The highest BCUT2D eigenvalue weighted by Gasteiger charge is 2.26. The molecular formula is C18H24N6OS2. The minimum absolute atomic E-state index is 0.340. The average Bonchev–Trinajstić information content (AvgIpc) is 3.15. The Morgan fingerprint density at radius 1 is 1.30 bits per heavy atom. The van der Waals surface area contributed by atoms with E-state index in [1.807, 2.05) is 5.51 Å². The fraction of sp³-hybridized carbons (Fsp3) is 0.500. The van der Waals surface area contributed by atoms with E-state index in [1.165, 1.54) is 16.5 Å². The van der Waals surface area contributed by atoms with Gasteiger partial charge in [-0.05, 0) is 24.6 Å². The number of aliphatic imine (C=N–C) groups is 2. The molecule has 7 nitrogen and oxygen atoms in total. The van der Waals surface area contributed by atoms with Crippen molar-refractivity contribution in [3.8, 4) is 0 Å². The first-order valence-electron chi connectivity index (χ1n) is 9.05. The lowest BCUT2D eigenvalue weighted by Gasteiger charge is -2.39. The normalized spacial score (nSPS) is 24.6. The molecule has 1 aromatic heterocycles. The van der Waals surface area contributed by atoms with E-state index in [0.717, 1.165) is 31.7 Å². The van der Waals surface area contributed by atoms with Crippen LogP contribution in [-0.2, 0) is 9.73 Å². The van der Waals surface area contributed by atoms with E-state index in [1.54, 1.807) is 17.6 Å². The molecule has 9 heteroatoms. The fourth-order valence-corrected chi connectivity index (χ4v) is 4.82. The van der Waals surface area contributed by atoms with Crippen LogP contribution in [-0.4, -0.2) is 75.4 Å². The Morgan fingerprint density at radius 2 is 2.07 bits per heavy atom. The Hall–Kier alpha value is -1.84. The van der Waals surface area contributed by atoms with Gasteiger partial charge in [-0.25, -0.2) is 19.2 Å². The van der Waals surface area contributed by atoms with E-state index in [-0.39, 0.29) is 5.25 Å². The zero-order valence-corrected chi connectivity index (χ0v) is 17.2. The molecule has 144 valence electrons. The third kappa shape index (κ3) is 3.90. The molecule has 1 fully saturated rings. The molecule has 3 atom stereocenters. The van der Waals surface area contributed by atoms with E-state index in [4.69, 9.17) is 4.78 Å².